The lowest BCUT2D eigenvalue weighted by Gasteiger charge is -2.16. The first kappa shape index (κ1) is 28.0. The number of nitrogens with one attached hydrogen (secondary N) is 3. The summed E-state index contributed by atoms with van der Waals surface area (Å²) in [6.07, 6.45) is 5.37. The van der Waals surface area contributed by atoms with Crippen LogP contribution >= 0.6 is 11.6 Å². The number of rotatable bonds is 6. The number of anilines is 2. The molecule has 0 radical (unpaired) electrons. The lowest BCUT2D eigenvalue weighted by atomic mass is 10.1. The number of methoxy groups -OCH3 is 1. The molecule has 3 rings (SSSR count). The first-order chi connectivity index (χ1) is 17.2. The number of carbonyl (C=O) groups excluding carboxylic acids is 2. The van der Waals surface area contributed by atoms with Gasteiger partial charge in [-0.05, 0) is 42.5 Å². The molecular weight excluding hydrogens is 476 g/mol. The van der Waals surface area contributed by atoms with Gasteiger partial charge >= 0.3 is 0 Å². The Labute approximate surface area is 216 Å². The maximum atomic E-state index is 13.1. The SMILES string of the molecule is C#Cc1ccc(NC(=O)c2cc(Cl)cc(OC)c2NC(=O)c2ccc(C(=N)N(C)C)cc2)cc1.CC. The van der Waals surface area contributed by atoms with Crippen LogP contribution in [0.3, 0.4) is 0 Å². The zero-order valence-electron chi connectivity index (χ0n) is 20.9. The van der Waals surface area contributed by atoms with Crippen molar-refractivity contribution in [3.63, 3.8) is 0 Å². The Morgan fingerprint density at radius 1 is 0.944 bits per heavy atom. The molecule has 186 valence electrons. The number of halogens is 1. The van der Waals surface area contributed by atoms with Gasteiger partial charge in [-0.25, -0.2) is 0 Å². The van der Waals surface area contributed by atoms with Crippen LogP contribution in [-0.4, -0.2) is 43.8 Å². The van der Waals surface area contributed by atoms with Crippen LogP contribution in [0.2, 0.25) is 5.02 Å². The van der Waals surface area contributed by atoms with Crippen molar-refractivity contribution in [3.8, 4) is 18.1 Å². The number of amides is 2. The third-order valence-corrected chi connectivity index (χ3v) is 5.17. The summed E-state index contributed by atoms with van der Waals surface area (Å²) in [6.45, 7) is 4.00. The van der Waals surface area contributed by atoms with Crippen LogP contribution < -0.4 is 15.4 Å². The quantitative estimate of drug-likeness (QED) is 0.226. The van der Waals surface area contributed by atoms with Gasteiger partial charge in [0.15, 0.2) is 0 Å². The van der Waals surface area contributed by atoms with Gasteiger partial charge in [0.2, 0.25) is 0 Å². The predicted molar refractivity (Wildman–Crippen MR) is 147 cm³/mol. The molecule has 3 aromatic carbocycles. The van der Waals surface area contributed by atoms with E-state index in [1.807, 2.05) is 13.8 Å². The molecule has 0 aliphatic rings. The highest BCUT2D eigenvalue weighted by Gasteiger charge is 2.20. The molecule has 3 aromatic rings. The van der Waals surface area contributed by atoms with Crippen LogP contribution in [0, 0.1) is 17.8 Å². The Kier molecular flexibility index (Phi) is 10.1. The molecule has 0 aromatic heterocycles. The molecule has 0 spiro atoms. The summed E-state index contributed by atoms with van der Waals surface area (Å²) < 4.78 is 5.38. The average Bonchev–Trinajstić information content (AvgIpc) is 2.90. The topological polar surface area (TPSA) is 94.5 Å². The second kappa shape index (κ2) is 13.0. The molecule has 0 heterocycles. The number of benzene rings is 3. The Morgan fingerprint density at radius 2 is 1.53 bits per heavy atom. The van der Waals surface area contributed by atoms with E-state index in [1.54, 1.807) is 67.5 Å². The molecule has 0 aliphatic carbocycles. The Morgan fingerprint density at radius 3 is 2.06 bits per heavy atom. The summed E-state index contributed by atoms with van der Waals surface area (Å²) >= 11 is 6.19. The van der Waals surface area contributed by atoms with E-state index in [4.69, 9.17) is 28.2 Å². The fraction of sp³-hybridized carbons (Fsp3) is 0.179. The highest BCUT2D eigenvalue weighted by Crippen LogP contribution is 2.33. The van der Waals surface area contributed by atoms with Crippen molar-refractivity contribution in [2.75, 3.05) is 31.8 Å². The molecule has 2 amide bonds. The minimum absolute atomic E-state index is 0.129. The first-order valence-corrected chi connectivity index (χ1v) is 11.5. The predicted octanol–water partition coefficient (Wildman–Crippen LogP) is 5.75. The summed E-state index contributed by atoms with van der Waals surface area (Å²) in [5.41, 5.74) is 2.54. The number of terminal acetylenes is 1. The molecule has 8 heteroatoms. The molecule has 0 bridgehead atoms. The van der Waals surface area contributed by atoms with Crippen molar-refractivity contribution in [2.45, 2.75) is 13.8 Å². The summed E-state index contributed by atoms with van der Waals surface area (Å²) in [7, 11) is 4.96. The van der Waals surface area contributed by atoms with E-state index in [0.717, 1.165) is 0 Å². The van der Waals surface area contributed by atoms with Gasteiger partial charge in [0, 0.05) is 47.6 Å². The van der Waals surface area contributed by atoms with Crippen molar-refractivity contribution < 1.29 is 14.3 Å². The van der Waals surface area contributed by atoms with Gasteiger partial charge < -0.3 is 20.3 Å². The van der Waals surface area contributed by atoms with E-state index >= 15 is 0 Å². The molecule has 0 fully saturated rings. The first-order valence-electron chi connectivity index (χ1n) is 11.2. The molecule has 7 nitrogen and oxygen atoms in total. The number of hydrogen-bond donors (Lipinski definition) is 3. The number of nitrogens with zero attached hydrogens (tertiary/aromatic N) is 1. The highest BCUT2D eigenvalue weighted by molar-refractivity contribution is 6.31. The van der Waals surface area contributed by atoms with Crippen LogP contribution in [0.4, 0.5) is 11.4 Å². The molecule has 3 N–H and O–H groups in total. The van der Waals surface area contributed by atoms with Crippen LogP contribution in [-0.2, 0) is 0 Å². The van der Waals surface area contributed by atoms with Gasteiger partial charge in [0.05, 0.1) is 18.4 Å². The average molecular weight is 505 g/mol. The summed E-state index contributed by atoms with van der Waals surface area (Å²) in [5, 5.41) is 13.8. The second-order valence-electron chi connectivity index (χ2n) is 7.48. The van der Waals surface area contributed by atoms with Crippen LogP contribution in [0.25, 0.3) is 0 Å². The van der Waals surface area contributed by atoms with Gasteiger partial charge in [0.1, 0.15) is 11.6 Å². The fourth-order valence-corrected chi connectivity index (χ4v) is 3.33. The third-order valence-electron chi connectivity index (χ3n) is 4.95. The normalized spacial score (nSPS) is 9.69. The highest BCUT2D eigenvalue weighted by atomic mass is 35.5. The van der Waals surface area contributed by atoms with Crippen molar-refractivity contribution in [1.82, 2.24) is 4.90 Å². The lowest BCUT2D eigenvalue weighted by molar-refractivity contribution is 0.102. The summed E-state index contributed by atoms with van der Waals surface area (Å²) in [4.78, 5) is 27.7. The molecule has 0 unspecified atom stereocenters. The molecule has 36 heavy (non-hydrogen) atoms. The Balaban J connectivity index is 0.00000222. The van der Waals surface area contributed by atoms with E-state index in [9.17, 15) is 9.59 Å². The van der Waals surface area contributed by atoms with E-state index in [0.29, 0.717) is 28.2 Å². The van der Waals surface area contributed by atoms with Crippen LogP contribution in [0.1, 0.15) is 45.7 Å². The maximum absolute atomic E-state index is 13.1. The molecule has 0 saturated heterocycles. The van der Waals surface area contributed by atoms with Gasteiger partial charge in [-0.15, -0.1) is 6.42 Å². The molecule has 0 atom stereocenters. The van der Waals surface area contributed by atoms with E-state index < -0.39 is 11.8 Å². The van der Waals surface area contributed by atoms with Crippen molar-refractivity contribution in [2.24, 2.45) is 0 Å². The van der Waals surface area contributed by atoms with Crippen molar-refractivity contribution in [1.29, 1.82) is 5.41 Å². The number of carbonyl (C=O) groups is 2. The number of hydrogen-bond acceptors (Lipinski definition) is 4. The van der Waals surface area contributed by atoms with Gasteiger partial charge in [-0.2, -0.15) is 0 Å². The lowest BCUT2D eigenvalue weighted by Crippen LogP contribution is -2.22. The smallest absolute Gasteiger partial charge is 0.257 e. The standard InChI is InChI=1S/C26H23ClN4O3.C2H6/c1-5-16-6-12-20(13-7-16)29-26(33)21-14-19(27)15-22(34-4)23(21)30-25(32)18-10-8-17(9-11-18)24(28)31(2)3;1-2/h1,6-15,28H,2-4H3,(H,29,33)(H,30,32);1-2H3. The maximum Gasteiger partial charge on any atom is 0.257 e. The van der Waals surface area contributed by atoms with E-state index in [1.165, 1.54) is 19.2 Å². The van der Waals surface area contributed by atoms with Crippen molar-refractivity contribution >= 4 is 40.6 Å². The Bertz CT molecular complexity index is 1280. The van der Waals surface area contributed by atoms with Crippen LogP contribution in [0.15, 0.2) is 60.7 Å². The number of ether oxygens (including phenoxy) is 1. The largest absolute Gasteiger partial charge is 0.494 e. The third kappa shape index (κ3) is 6.87. The summed E-state index contributed by atoms with van der Waals surface area (Å²) in [6, 6.07) is 16.3. The zero-order valence-corrected chi connectivity index (χ0v) is 21.7. The molecule has 0 saturated carbocycles. The van der Waals surface area contributed by atoms with Gasteiger partial charge in [0.25, 0.3) is 11.8 Å². The van der Waals surface area contributed by atoms with E-state index in [2.05, 4.69) is 16.6 Å². The van der Waals surface area contributed by atoms with Crippen molar-refractivity contribution in [3.05, 3.63) is 87.9 Å². The minimum atomic E-state index is -0.487. The van der Waals surface area contributed by atoms with Crippen LogP contribution in [0.5, 0.6) is 5.75 Å². The summed E-state index contributed by atoms with van der Waals surface area (Å²) in [5.74, 6) is 2.14. The van der Waals surface area contributed by atoms with Gasteiger partial charge in [-0.1, -0.05) is 43.5 Å². The Hall–Kier alpha value is -4.28. The molecular formula is C28H29ClN4O3. The van der Waals surface area contributed by atoms with E-state index in [-0.39, 0.29) is 22.0 Å². The molecule has 0 aliphatic heterocycles. The fourth-order valence-electron chi connectivity index (χ4n) is 3.12. The second-order valence-corrected chi connectivity index (χ2v) is 7.92. The minimum Gasteiger partial charge on any atom is -0.494 e. The number of amidine groups is 1. The zero-order chi connectivity index (χ0) is 26.8. The van der Waals surface area contributed by atoms with Gasteiger partial charge in [-0.3, -0.25) is 15.0 Å². The monoisotopic (exact) mass is 504 g/mol.